The molecule has 1 heterocycles. The Labute approximate surface area is 92.0 Å². The number of ether oxygens (including phenoxy) is 1. The summed E-state index contributed by atoms with van der Waals surface area (Å²) in [4.78, 5) is 18.7. The first-order chi connectivity index (χ1) is 7.17. The van der Waals surface area contributed by atoms with E-state index < -0.39 is 0 Å². The van der Waals surface area contributed by atoms with Gasteiger partial charge in [0.15, 0.2) is 5.82 Å². The predicted molar refractivity (Wildman–Crippen MR) is 56.2 cm³/mol. The minimum atomic E-state index is -0.163. The van der Waals surface area contributed by atoms with Gasteiger partial charge in [-0.05, 0) is 0 Å². The lowest BCUT2D eigenvalue weighted by Gasteiger charge is -2.06. The van der Waals surface area contributed by atoms with Crippen molar-refractivity contribution in [2.24, 2.45) is 0 Å². The van der Waals surface area contributed by atoms with Crippen LogP contribution >= 0.6 is 11.6 Å². The second-order valence-corrected chi connectivity index (χ2v) is 2.99. The molecule has 0 atom stereocenters. The van der Waals surface area contributed by atoms with Crippen molar-refractivity contribution < 1.29 is 9.53 Å². The second-order valence-electron chi connectivity index (χ2n) is 2.58. The van der Waals surface area contributed by atoms with Gasteiger partial charge in [-0.15, -0.1) is 0 Å². The highest BCUT2D eigenvalue weighted by atomic mass is 35.5. The van der Waals surface area contributed by atoms with Crippen LogP contribution in [0.3, 0.4) is 0 Å². The fraction of sp³-hybridized carbons (Fsp3) is 0.375. The summed E-state index contributed by atoms with van der Waals surface area (Å²) in [6.45, 7) is 0.0936. The normalized spacial score (nSPS) is 9.53. The lowest BCUT2D eigenvalue weighted by molar-refractivity contribution is -0.118. The van der Waals surface area contributed by atoms with Gasteiger partial charge in [-0.2, -0.15) is 4.98 Å². The van der Waals surface area contributed by atoms with Crippen molar-refractivity contribution in [1.29, 1.82) is 0 Å². The molecule has 0 unspecified atom stereocenters. The lowest BCUT2D eigenvalue weighted by Crippen LogP contribution is -2.26. The highest BCUT2D eigenvalue weighted by Gasteiger charge is 2.06. The standard InChI is InChI=1S/C8H11ClN4O2/c1-10-6(14)4-11-7-5(9)3-12-8(13-7)15-2/h3H,4H2,1-2H3,(H,10,14)(H,11,12,13). The molecule has 1 rings (SSSR count). The van der Waals surface area contributed by atoms with Gasteiger partial charge < -0.3 is 15.4 Å². The third kappa shape index (κ3) is 3.25. The Morgan fingerprint density at radius 2 is 2.40 bits per heavy atom. The molecule has 15 heavy (non-hydrogen) atoms. The second kappa shape index (κ2) is 5.35. The molecule has 0 aliphatic rings. The average Bonchev–Trinajstić information content (AvgIpc) is 2.27. The summed E-state index contributed by atoms with van der Waals surface area (Å²) >= 11 is 5.81. The zero-order chi connectivity index (χ0) is 11.3. The first-order valence-corrected chi connectivity index (χ1v) is 4.56. The van der Waals surface area contributed by atoms with Crippen molar-refractivity contribution in [2.75, 3.05) is 26.0 Å². The number of hydrogen-bond acceptors (Lipinski definition) is 5. The number of carbonyl (C=O) groups is 1. The van der Waals surface area contributed by atoms with E-state index >= 15 is 0 Å². The monoisotopic (exact) mass is 230 g/mol. The third-order valence-corrected chi connectivity index (χ3v) is 1.88. The Kier molecular flexibility index (Phi) is 4.11. The quantitative estimate of drug-likeness (QED) is 0.778. The lowest BCUT2D eigenvalue weighted by atomic mass is 10.5. The van der Waals surface area contributed by atoms with Gasteiger partial charge in [0.05, 0.1) is 19.9 Å². The van der Waals surface area contributed by atoms with E-state index in [-0.39, 0.29) is 18.5 Å². The maximum Gasteiger partial charge on any atom is 0.318 e. The molecule has 0 fully saturated rings. The smallest absolute Gasteiger partial charge is 0.318 e. The van der Waals surface area contributed by atoms with Crippen molar-refractivity contribution in [3.05, 3.63) is 11.2 Å². The van der Waals surface area contributed by atoms with Crippen LogP contribution in [0.1, 0.15) is 0 Å². The van der Waals surface area contributed by atoms with Crippen molar-refractivity contribution in [3.8, 4) is 6.01 Å². The van der Waals surface area contributed by atoms with Crippen molar-refractivity contribution >= 4 is 23.3 Å². The molecule has 1 aromatic heterocycles. The van der Waals surface area contributed by atoms with Crippen molar-refractivity contribution in [2.45, 2.75) is 0 Å². The number of aromatic nitrogens is 2. The molecule has 6 nitrogen and oxygen atoms in total. The predicted octanol–water partition coefficient (Wildman–Crippen LogP) is 0.297. The van der Waals surface area contributed by atoms with E-state index in [4.69, 9.17) is 16.3 Å². The maximum absolute atomic E-state index is 11.0. The van der Waals surface area contributed by atoms with Crippen LogP contribution in [0.2, 0.25) is 5.02 Å². The van der Waals surface area contributed by atoms with E-state index in [2.05, 4.69) is 20.6 Å². The Bertz CT molecular complexity index is 358. The minimum absolute atomic E-state index is 0.0936. The number of hydrogen-bond donors (Lipinski definition) is 2. The molecular formula is C8H11ClN4O2. The number of amides is 1. The van der Waals surface area contributed by atoms with Crippen LogP contribution in [0.25, 0.3) is 0 Å². The SMILES string of the molecule is CNC(=O)CNc1nc(OC)ncc1Cl. The fourth-order valence-electron chi connectivity index (χ4n) is 0.826. The molecule has 7 heteroatoms. The van der Waals surface area contributed by atoms with E-state index in [0.29, 0.717) is 10.8 Å². The van der Waals surface area contributed by atoms with E-state index in [1.165, 1.54) is 13.3 Å². The van der Waals surface area contributed by atoms with Gasteiger partial charge in [0, 0.05) is 7.05 Å². The highest BCUT2D eigenvalue weighted by Crippen LogP contribution is 2.19. The molecule has 0 aromatic carbocycles. The van der Waals surface area contributed by atoms with Gasteiger partial charge in [-0.25, -0.2) is 4.98 Å². The number of anilines is 1. The van der Waals surface area contributed by atoms with Crippen molar-refractivity contribution in [1.82, 2.24) is 15.3 Å². The van der Waals surface area contributed by atoms with Crippen molar-refractivity contribution in [3.63, 3.8) is 0 Å². The van der Waals surface area contributed by atoms with Gasteiger partial charge in [0.2, 0.25) is 5.91 Å². The summed E-state index contributed by atoms with van der Waals surface area (Å²) in [5.41, 5.74) is 0. The molecule has 0 bridgehead atoms. The number of halogens is 1. The number of likely N-dealkylation sites (N-methyl/N-ethyl adjacent to an activating group) is 1. The number of carbonyl (C=O) groups excluding carboxylic acids is 1. The number of rotatable bonds is 4. The summed E-state index contributed by atoms with van der Waals surface area (Å²) in [7, 11) is 3.00. The van der Waals surface area contributed by atoms with E-state index in [1.807, 2.05) is 0 Å². The van der Waals surface area contributed by atoms with E-state index in [9.17, 15) is 4.79 Å². The van der Waals surface area contributed by atoms with Crippen LogP contribution in [-0.2, 0) is 4.79 Å². The summed E-state index contributed by atoms with van der Waals surface area (Å²) in [5.74, 6) is 0.204. The summed E-state index contributed by atoms with van der Waals surface area (Å²) in [6.07, 6.45) is 1.40. The maximum atomic E-state index is 11.0. The van der Waals surface area contributed by atoms with Crippen LogP contribution in [0.15, 0.2) is 6.20 Å². The summed E-state index contributed by atoms with van der Waals surface area (Å²) in [5, 5.41) is 5.56. The molecule has 1 amide bonds. The van der Waals surface area contributed by atoms with Gasteiger partial charge in [-0.1, -0.05) is 11.6 Å². The van der Waals surface area contributed by atoms with Crippen LogP contribution in [-0.4, -0.2) is 36.6 Å². The van der Waals surface area contributed by atoms with E-state index in [0.717, 1.165) is 0 Å². The molecule has 0 aliphatic heterocycles. The van der Waals surface area contributed by atoms with E-state index in [1.54, 1.807) is 7.05 Å². The molecule has 0 saturated carbocycles. The topological polar surface area (TPSA) is 76.1 Å². The molecule has 0 radical (unpaired) electrons. The molecule has 0 aliphatic carbocycles. The molecular weight excluding hydrogens is 220 g/mol. The highest BCUT2D eigenvalue weighted by molar-refractivity contribution is 6.32. The first kappa shape index (κ1) is 11.5. The van der Waals surface area contributed by atoms with Gasteiger partial charge >= 0.3 is 6.01 Å². The summed E-state index contributed by atoms with van der Waals surface area (Å²) < 4.78 is 4.82. The van der Waals surface area contributed by atoms with Gasteiger partial charge in [-0.3, -0.25) is 4.79 Å². The minimum Gasteiger partial charge on any atom is -0.467 e. The van der Waals surface area contributed by atoms with Crippen LogP contribution < -0.4 is 15.4 Å². The fourth-order valence-corrected chi connectivity index (χ4v) is 0.984. The number of methoxy groups -OCH3 is 1. The van der Waals surface area contributed by atoms with Gasteiger partial charge in [0.1, 0.15) is 5.02 Å². The molecule has 82 valence electrons. The molecule has 2 N–H and O–H groups in total. The molecule has 1 aromatic rings. The Morgan fingerprint density at radius 1 is 1.67 bits per heavy atom. The number of nitrogens with zero attached hydrogens (tertiary/aromatic N) is 2. The first-order valence-electron chi connectivity index (χ1n) is 4.18. The third-order valence-electron chi connectivity index (χ3n) is 1.60. The van der Waals surface area contributed by atoms with Gasteiger partial charge in [0.25, 0.3) is 0 Å². The molecule has 0 saturated heterocycles. The molecule has 0 spiro atoms. The summed E-state index contributed by atoms with van der Waals surface area (Å²) in [6, 6.07) is 0.193. The Morgan fingerprint density at radius 3 is 3.00 bits per heavy atom. The Balaban J connectivity index is 2.70. The zero-order valence-electron chi connectivity index (χ0n) is 8.37. The van der Waals surface area contributed by atoms with Crippen LogP contribution in [0.5, 0.6) is 6.01 Å². The van der Waals surface area contributed by atoms with Crippen LogP contribution in [0.4, 0.5) is 5.82 Å². The number of nitrogens with one attached hydrogen (secondary N) is 2. The largest absolute Gasteiger partial charge is 0.467 e. The average molecular weight is 231 g/mol. The Hall–Kier alpha value is -1.56. The van der Waals surface area contributed by atoms with Crippen LogP contribution in [0, 0.1) is 0 Å². The zero-order valence-corrected chi connectivity index (χ0v) is 9.13.